The van der Waals surface area contributed by atoms with Gasteiger partial charge < -0.3 is 14.2 Å². The van der Waals surface area contributed by atoms with Gasteiger partial charge in [0, 0.05) is 18.7 Å². The number of rotatable bonds is 13. The van der Waals surface area contributed by atoms with E-state index in [2.05, 4.69) is 15.5 Å². The Balaban J connectivity index is 1.61. The van der Waals surface area contributed by atoms with Gasteiger partial charge in [-0.1, -0.05) is 54.6 Å². The highest BCUT2D eigenvalue weighted by atomic mass is 32.2. The van der Waals surface area contributed by atoms with Crippen LogP contribution in [0.3, 0.4) is 0 Å². The van der Waals surface area contributed by atoms with Crippen LogP contribution in [-0.2, 0) is 35.8 Å². The average molecular weight is 755 g/mol. The van der Waals surface area contributed by atoms with Crippen molar-refractivity contribution in [1.29, 1.82) is 5.26 Å². The summed E-state index contributed by atoms with van der Waals surface area (Å²) in [7, 11) is -0.583. The molecule has 0 N–H and O–H groups in total. The number of ether oxygens (including phenoxy) is 3. The van der Waals surface area contributed by atoms with Gasteiger partial charge in [-0.15, -0.1) is 5.10 Å². The van der Waals surface area contributed by atoms with Gasteiger partial charge >= 0.3 is 6.18 Å². The molecular weight excluding hydrogens is 722 g/mol. The first kappa shape index (κ1) is 37.5. The van der Waals surface area contributed by atoms with Gasteiger partial charge in [0.25, 0.3) is 0 Å². The van der Waals surface area contributed by atoms with Crippen molar-refractivity contribution in [2.45, 2.75) is 30.7 Å². The van der Waals surface area contributed by atoms with Crippen molar-refractivity contribution in [2.24, 2.45) is 0 Å². The van der Waals surface area contributed by atoms with Crippen LogP contribution in [0.4, 0.5) is 13.2 Å². The number of halogens is 3. The Kier molecular flexibility index (Phi) is 11.0. The minimum Gasteiger partial charge on any atom is -0.497 e. The van der Waals surface area contributed by atoms with E-state index >= 15 is 21.6 Å². The van der Waals surface area contributed by atoms with Crippen LogP contribution >= 0.6 is 0 Å². The Hall–Kier alpha value is -6.24. The normalized spacial score (nSPS) is 11.7. The Morgan fingerprint density at radius 2 is 1.22 bits per heavy atom. The van der Waals surface area contributed by atoms with Gasteiger partial charge in [-0.3, -0.25) is 0 Å². The second-order valence-electron chi connectivity index (χ2n) is 12.0. The molecule has 15 heteroatoms. The van der Waals surface area contributed by atoms with Crippen LogP contribution in [0, 0.1) is 11.3 Å². The first-order valence-electron chi connectivity index (χ1n) is 16.4. The maximum absolute atomic E-state index is 15.2. The number of sulfonamides is 1. The summed E-state index contributed by atoms with van der Waals surface area (Å²) in [6.07, 6.45) is -5.12. The van der Waals surface area contributed by atoms with Crippen LogP contribution in [0.15, 0.2) is 114 Å². The van der Waals surface area contributed by atoms with Crippen molar-refractivity contribution in [3.8, 4) is 45.8 Å². The van der Waals surface area contributed by atoms with Crippen molar-refractivity contribution >= 4 is 10.0 Å². The van der Waals surface area contributed by atoms with E-state index in [1.54, 1.807) is 72.8 Å². The van der Waals surface area contributed by atoms with E-state index in [0.29, 0.717) is 45.1 Å². The molecule has 0 aliphatic carbocycles. The van der Waals surface area contributed by atoms with Crippen molar-refractivity contribution in [1.82, 2.24) is 24.5 Å². The molecule has 1 aromatic heterocycles. The molecule has 0 aliphatic heterocycles. The third-order valence-corrected chi connectivity index (χ3v) is 10.5. The summed E-state index contributed by atoms with van der Waals surface area (Å²) in [5, 5.41) is 21.5. The minimum atomic E-state index is -5.12. The lowest BCUT2D eigenvalue weighted by atomic mass is 9.95. The van der Waals surface area contributed by atoms with Crippen LogP contribution in [-0.4, -0.2) is 54.3 Å². The van der Waals surface area contributed by atoms with Gasteiger partial charge in [-0.05, 0) is 92.8 Å². The van der Waals surface area contributed by atoms with Crippen LogP contribution in [0.1, 0.15) is 27.8 Å². The summed E-state index contributed by atoms with van der Waals surface area (Å²) in [6.45, 7) is -0.615. The average Bonchev–Trinajstić information content (AvgIpc) is 3.65. The highest BCUT2D eigenvalue weighted by Crippen LogP contribution is 2.45. The fourth-order valence-electron chi connectivity index (χ4n) is 5.88. The molecule has 0 radical (unpaired) electrons. The second kappa shape index (κ2) is 15.8. The molecule has 276 valence electrons. The molecule has 6 aromatic rings. The number of alkyl halides is 3. The zero-order chi connectivity index (χ0) is 38.5. The van der Waals surface area contributed by atoms with Gasteiger partial charge in [0.05, 0.1) is 45.1 Å². The summed E-state index contributed by atoms with van der Waals surface area (Å²) in [5.74, 6) is 1.40. The number of tetrazole rings is 1. The molecule has 1 heterocycles. The smallest absolute Gasteiger partial charge is 0.417 e. The van der Waals surface area contributed by atoms with Crippen molar-refractivity contribution in [3.05, 3.63) is 137 Å². The zero-order valence-corrected chi connectivity index (χ0v) is 30.1. The molecule has 0 bridgehead atoms. The summed E-state index contributed by atoms with van der Waals surface area (Å²) in [5.41, 5.74) is 0.642. The number of benzene rings is 5. The lowest BCUT2D eigenvalue weighted by molar-refractivity contribution is -0.139. The van der Waals surface area contributed by atoms with Gasteiger partial charge in [-0.25, -0.2) is 13.1 Å². The third kappa shape index (κ3) is 8.04. The Bertz CT molecular complexity index is 2330. The van der Waals surface area contributed by atoms with E-state index in [9.17, 15) is 5.26 Å². The summed E-state index contributed by atoms with van der Waals surface area (Å²) in [4.78, 5) is -1.02. The number of hydrogen-bond acceptors (Lipinski definition) is 9. The van der Waals surface area contributed by atoms with Crippen LogP contribution in [0.5, 0.6) is 17.2 Å². The molecule has 0 amide bonds. The monoisotopic (exact) mass is 754 g/mol. The Labute approximate surface area is 309 Å². The first-order chi connectivity index (χ1) is 25.9. The van der Waals surface area contributed by atoms with Gasteiger partial charge in [0.15, 0.2) is 5.82 Å². The minimum absolute atomic E-state index is 0.0176. The van der Waals surface area contributed by atoms with Crippen LogP contribution in [0.25, 0.3) is 22.5 Å². The SMILES string of the molecule is COc1ccc(CN(Cc2ccc(OC)cc2)S(=O)(=O)c2c(C(F)(F)F)ccc(-c3ccc(C#N)cc3)c2-c2nnnn2Cc2ccc(OC)cc2)cc1. The standard InChI is InChI=1S/C39H33F3N6O5S/c1-51-31-14-6-27(7-15-31)23-47(24-28-8-16-32(52-2)17-9-28)54(49,50)37-35(39(40,41)42)21-20-34(30-12-4-26(22-43)5-13-30)36(37)38-44-45-46-48(38)25-29-10-18-33(53-3)19-11-29/h4-21H,23-25H2,1-3H3. The van der Waals surface area contributed by atoms with E-state index in [1.807, 2.05) is 6.07 Å². The number of methoxy groups -OCH3 is 3. The predicted octanol–water partition coefficient (Wildman–Crippen LogP) is 7.36. The number of nitrogens with zero attached hydrogens (tertiary/aromatic N) is 6. The third-order valence-electron chi connectivity index (χ3n) is 8.67. The van der Waals surface area contributed by atoms with E-state index < -0.39 is 26.7 Å². The summed E-state index contributed by atoms with van der Waals surface area (Å²) < 4.78 is 94.1. The fraction of sp³-hybridized carbons (Fsp3) is 0.179. The highest BCUT2D eigenvalue weighted by Gasteiger charge is 2.43. The van der Waals surface area contributed by atoms with E-state index in [-0.39, 0.29) is 36.6 Å². The fourth-order valence-corrected chi connectivity index (χ4v) is 7.70. The van der Waals surface area contributed by atoms with Crippen molar-refractivity contribution in [3.63, 3.8) is 0 Å². The van der Waals surface area contributed by atoms with Gasteiger partial charge in [0.2, 0.25) is 10.0 Å². The molecule has 0 saturated carbocycles. The molecule has 0 atom stereocenters. The number of aromatic nitrogens is 4. The van der Waals surface area contributed by atoms with Crippen LogP contribution < -0.4 is 14.2 Å². The molecule has 5 aromatic carbocycles. The molecule has 54 heavy (non-hydrogen) atoms. The lowest BCUT2D eigenvalue weighted by Gasteiger charge is -2.27. The maximum atomic E-state index is 15.2. The first-order valence-corrected chi connectivity index (χ1v) is 17.8. The van der Waals surface area contributed by atoms with Crippen LogP contribution in [0.2, 0.25) is 0 Å². The van der Waals surface area contributed by atoms with E-state index in [4.69, 9.17) is 14.2 Å². The number of hydrogen-bond donors (Lipinski definition) is 0. The Morgan fingerprint density at radius 1 is 0.722 bits per heavy atom. The second-order valence-corrected chi connectivity index (χ2v) is 13.9. The quantitative estimate of drug-likeness (QED) is 0.119. The van der Waals surface area contributed by atoms with Gasteiger partial charge in [0.1, 0.15) is 22.1 Å². The summed E-state index contributed by atoms with van der Waals surface area (Å²) in [6, 6.07) is 30.0. The summed E-state index contributed by atoms with van der Waals surface area (Å²) >= 11 is 0. The van der Waals surface area contributed by atoms with Gasteiger partial charge in [-0.2, -0.15) is 22.7 Å². The van der Waals surface area contributed by atoms with E-state index in [0.717, 1.165) is 10.4 Å². The Morgan fingerprint density at radius 3 is 1.69 bits per heavy atom. The molecular formula is C39H33F3N6O5S. The zero-order valence-electron chi connectivity index (χ0n) is 29.3. The highest BCUT2D eigenvalue weighted by molar-refractivity contribution is 7.89. The van der Waals surface area contributed by atoms with Crippen molar-refractivity contribution in [2.75, 3.05) is 21.3 Å². The molecule has 0 unspecified atom stereocenters. The molecule has 0 spiro atoms. The molecule has 11 nitrogen and oxygen atoms in total. The molecule has 6 rings (SSSR count). The van der Waals surface area contributed by atoms with Crippen molar-refractivity contribution < 1.29 is 35.8 Å². The predicted molar refractivity (Wildman–Crippen MR) is 193 cm³/mol. The lowest BCUT2D eigenvalue weighted by Crippen LogP contribution is -2.32. The van der Waals surface area contributed by atoms with E-state index in [1.165, 1.54) is 56.3 Å². The number of nitriles is 1. The maximum Gasteiger partial charge on any atom is 0.417 e. The largest absolute Gasteiger partial charge is 0.497 e. The molecule has 0 fully saturated rings. The molecule has 0 saturated heterocycles. The molecule has 0 aliphatic rings. The topological polar surface area (TPSA) is 132 Å².